The summed E-state index contributed by atoms with van der Waals surface area (Å²) in [5.74, 6) is -9.45. The topological polar surface area (TPSA) is 391 Å². The quantitative estimate of drug-likeness (QED) is 0.0465. The molecule has 9 atom stereocenters. The lowest BCUT2D eigenvalue weighted by Crippen LogP contribution is -2.62. The number of aromatic hydroxyl groups is 2. The number of rotatable bonds is 19. The highest BCUT2D eigenvalue weighted by atomic mass is 35.5. The van der Waals surface area contributed by atoms with Gasteiger partial charge in [0.1, 0.15) is 41.7 Å². The third kappa shape index (κ3) is 22.0. The lowest BCUT2D eigenvalue weighted by Gasteiger charge is -2.29. The summed E-state index contributed by atoms with van der Waals surface area (Å²) in [7, 11) is 1.97. The number of carbonyl (C=O) groups is 9. The van der Waals surface area contributed by atoms with Crippen molar-refractivity contribution in [2.45, 2.75) is 121 Å². The van der Waals surface area contributed by atoms with Crippen LogP contribution in [-0.4, -0.2) is 135 Å². The van der Waals surface area contributed by atoms with Gasteiger partial charge in [-0.05, 0) is 116 Å². The van der Waals surface area contributed by atoms with E-state index in [1.807, 2.05) is 13.8 Å². The first-order valence-electron chi connectivity index (χ1n) is 26.3. The Labute approximate surface area is 483 Å². The van der Waals surface area contributed by atoms with E-state index in [4.69, 9.17) is 34.5 Å². The summed E-state index contributed by atoms with van der Waals surface area (Å²) in [5, 5.41) is 47.2. The molecule has 0 saturated carbocycles. The molecule has 0 bridgehead atoms. The average molecular weight is 1180 g/mol. The van der Waals surface area contributed by atoms with E-state index >= 15 is 0 Å². The Hall–Kier alpha value is -7.22. The number of ketones is 1. The number of benzene rings is 4. The maximum absolute atomic E-state index is 14.8. The highest BCUT2D eigenvalue weighted by molar-refractivity contribution is 8.76. The third-order valence-corrected chi connectivity index (χ3v) is 15.5. The number of nitrogens with two attached hydrogens (primary N) is 4. The zero-order valence-corrected chi connectivity index (χ0v) is 47.6. The van der Waals surface area contributed by atoms with Gasteiger partial charge in [0, 0.05) is 47.3 Å². The van der Waals surface area contributed by atoms with Crippen LogP contribution in [0, 0.1) is 5.92 Å². The van der Waals surface area contributed by atoms with Crippen molar-refractivity contribution in [2.24, 2.45) is 28.9 Å². The number of hydrogen-bond acceptors (Lipinski definition) is 16. The molecule has 0 spiro atoms. The molecule has 25 heteroatoms. The Balaban J connectivity index is 0.00000697. The fourth-order valence-corrected chi connectivity index (χ4v) is 10.8. The molecule has 1 aliphatic heterocycles. The second-order valence-corrected chi connectivity index (χ2v) is 22.1. The summed E-state index contributed by atoms with van der Waals surface area (Å²) in [6.45, 7) is 5.43. The fourth-order valence-electron chi connectivity index (χ4n) is 8.29. The van der Waals surface area contributed by atoms with Crippen LogP contribution in [0.3, 0.4) is 0 Å². The number of aliphatic hydroxyl groups excluding tert-OH is 1. The van der Waals surface area contributed by atoms with Gasteiger partial charge >= 0.3 is 0 Å². The van der Waals surface area contributed by atoms with Gasteiger partial charge < -0.3 is 70.2 Å². The van der Waals surface area contributed by atoms with Gasteiger partial charge in [-0.25, -0.2) is 0 Å². The highest BCUT2D eigenvalue weighted by Crippen LogP contribution is 2.26. The van der Waals surface area contributed by atoms with Crippen LogP contribution in [0.2, 0.25) is 5.02 Å². The van der Waals surface area contributed by atoms with Crippen molar-refractivity contribution < 1.29 is 58.5 Å². The summed E-state index contributed by atoms with van der Waals surface area (Å²) in [4.78, 5) is 125. The molecule has 1 aliphatic rings. The van der Waals surface area contributed by atoms with Gasteiger partial charge in [0.2, 0.25) is 47.3 Å². The number of aliphatic hydroxyl groups is 1. The number of Topliss-reactive ketones (excluding diaryl/α,β-unsaturated/α-hetero) is 1. The molecule has 8 amide bonds. The van der Waals surface area contributed by atoms with E-state index in [-0.39, 0.29) is 73.6 Å². The maximum atomic E-state index is 14.8. The van der Waals surface area contributed by atoms with Crippen LogP contribution in [0.4, 0.5) is 0 Å². The SMILES string of the molecule is CC.C[C@@H](O)[C@@H]1NC(=O)[C@H](CCCCN)NC(=O)[C@@H](Cc2ccc(C(N)=O)cc2)NC(=O)[C@H](Cc2ccc(O)cc2)CC(=O)[C@H](NC(=O)[C@@H](N)Cc2ccc(Cl)cc2)CSSC[C@@H](C(=O)N[C@H](Cc2ccc(O)cc2)C(N)=O)NC1=O. The molecule has 22 nitrogen and oxygen atoms in total. The molecule has 4 aromatic rings. The minimum atomic E-state index is -1.75. The Morgan fingerprint density at radius 2 is 1.21 bits per heavy atom. The van der Waals surface area contributed by atoms with Crippen LogP contribution in [0.5, 0.6) is 11.5 Å². The maximum Gasteiger partial charge on any atom is 0.248 e. The van der Waals surface area contributed by atoms with Crippen molar-refractivity contribution in [3.05, 3.63) is 130 Å². The van der Waals surface area contributed by atoms with Crippen molar-refractivity contribution >= 4 is 86.2 Å². The number of primary amides is 2. The first kappa shape index (κ1) is 66.3. The molecule has 0 radical (unpaired) electrons. The van der Waals surface area contributed by atoms with Crippen LogP contribution in [-0.2, 0) is 64.0 Å². The predicted octanol–water partition coefficient (Wildman–Crippen LogP) is 1.35. The smallest absolute Gasteiger partial charge is 0.248 e. The van der Waals surface area contributed by atoms with E-state index in [0.29, 0.717) is 33.7 Å². The summed E-state index contributed by atoms with van der Waals surface area (Å²) in [5.41, 5.74) is 25.7. The molecule has 1 heterocycles. The van der Waals surface area contributed by atoms with Crippen LogP contribution in [0.25, 0.3) is 0 Å². The zero-order valence-electron chi connectivity index (χ0n) is 45.2. The standard InChI is InChI=1S/C54H67ClN10O12S2.C2H6/c1-29(66)46-54(77)64-44(53(76)61-41(48(59)71)24-33-11-19-38(68)20-12-33)28-79-78-27-43(63-50(73)39(57)23-31-7-15-36(55)16-8-31)45(69)26-35(22-30-9-17-37(67)18-10-30)49(72)62-42(25-32-5-13-34(14-6-32)47(58)70)52(75)60-40(51(74)65-46)4-2-3-21-56;1-2/h5-20,29,35,39-44,46,66-68H,2-4,21-28,56-57H2,1H3,(H2,58,70)(H2,59,71)(H,60,75)(H,61,76)(H,62,72)(H,63,73)(H,64,77)(H,65,74);1-2H3/t29-,35-,39+,40+,41-,42-,43-,44+,46+;/m1./s1. The van der Waals surface area contributed by atoms with Crippen molar-refractivity contribution in [2.75, 3.05) is 18.1 Å². The molecule has 5 rings (SSSR count). The molecular formula is C56H73ClN10O12S2. The van der Waals surface area contributed by atoms with E-state index in [2.05, 4.69) is 31.9 Å². The number of unbranched alkanes of at least 4 members (excludes halogenated alkanes) is 1. The Morgan fingerprint density at radius 3 is 1.79 bits per heavy atom. The fraction of sp³-hybridized carbons (Fsp3) is 0.411. The lowest BCUT2D eigenvalue weighted by molar-refractivity contribution is -0.137. The summed E-state index contributed by atoms with van der Waals surface area (Å²) >= 11 is 6.07. The van der Waals surface area contributed by atoms with E-state index in [1.165, 1.54) is 67.6 Å². The molecule has 1 saturated heterocycles. The molecule has 0 aliphatic carbocycles. The van der Waals surface area contributed by atoms with Crippen LogP contribution in [0.15, 0.2) is 97.1 Å². The first-order valence-corrected chi connectivity index (χ1v) is 29.2. The molecule has 0 aromatic heterocycles. The molecule has 1 fully saturated rings. The molecular weight excluding hydrogens is 1100 g/mol. The number of phenols is 2. The second-order valence-electron chi connectivity index (χ2n) is 19.1. The van der Waals surface area contributed by atoms with Gasteiger partial charge in [-0.3, -0.25) is 43.2 Å². The molecule has 4 aromatic carbocycles. The van der Waals surface area contributed by atoms with E-state index in [9.17, 15) is 58.5 Å². The zero-order chi connectivity index (χ0) is 59.8. The lowest BCUT2D eigenvalue weighted by atomic mass is 9.90. The van der Waals surface area contributed by atoms with Gasteiger partial charge in [0.15, 0.2) is 5.78 Å². The number of carbonyl (C=O) groups excluding carboxylic acids is 9. The second kappa shape index (κ2) is 33.5. The number of phenolic OH excluding ortho intramolecular Hbond substituents is 2. The van der Waals surface area contributed by atoms with Crippen LogP contribution in [0.1, 0.15) is 79.1 Å². The van der Waals surface area contributed by atoms with Gasteiger partial charge in [0.25, 0.3) is 0 Å². The van der Waals surface area contributed by atoms with Gasteiger partial charge in [-0.2, -0.15) is 0 Å². The van der Waals surface area contributed by atoms with E-state index in [0.717, 1.165) is 21.6 Å². The Bertz CT molecular complexity index is 2760. The minimum absolute atomic E-state index is 0.0419. The van der Waals surface area contributed by atoms with Crippen LogP contribution < -0.4 is 54.8 Å². The van der Waals surface area contributed by atoms with Crippen molar-refractivity contribution in [3.8, 4) is 11.5 Å². The first-order chi connectivity index (χ1) is 38.6. The predicted molar refractivity (Wildman–Crippen MR) is 310 cm³/mol. The number of amides is 8. The summed E-state index contributed by atoms with van der Waals surface area (Å²) < 4.78 is 0. The number of nitrogens with one attached hydrogen (secondary N) is 6. The average Bonchev–Trinajstić information content (AvgIpc) is 3.44. The summed E-state index contributed by atoms with van der Waals surface area (Å²) in [6, 6.07) is 14.2. The Kier molecular flexibility index (Phi) is 27.4. The Morgan fingerprint density at radius 1 is 0.679 bits per heavy atom. The van der Waals surface area contributed by atoms with Gasteiger partial charge in [-0.15, -0.1) is 0 Å². The third-order valence-electron chi connectivity index (χ3n) is 12.8. The minimum Gasteiger partial charge on any atom is -0.508 e. The normalized spacial score (nSPS) is 20.7. The monoisotopic (exact) mass is 1180 g/mol. The molecule has 81 heavy (non-hydrogen) atoms. The van der Waals surface area contributed by atoms with Crippen molar-refractivity contribution in [1.82, 2.24) is 31.9 Å². The number of hydrogen-bond donors (Lipinski definition) is 13. The molecule has 17 N–H and O–H groups in total. The highest BCUT2D eigenvalue weighted by Gasteiger charge is 2.37. The van der Waals surface area contributed by atoms with Crippen molar-refractivity contribution in [1.29, 1.82) is 0 Å². The largest absolute Gasteiger partial charge is 0.508 e. The number of halogens is 1. The summed E-state index contributed by atoms with van der Waals surface area (Å²) in [6.07, 6.45) is -1.90. The van der Waals surface area contributed by atoms with E-state index < -0.39 is 114 Å². The van der Waals surface area contributed by atoms with Gasteiger partial charge in [-0.1, -0.05) is 95.6 Å². The molecule has 438 valence electrons. The van der Waals surface area contributed by atoms with E-state index in [1.54, 1.807) is 36.4 Å². The van der Waals surface area contributed by atoms with Crippen LogP contribution >= 0.6 is 33.2 Å². The van der Waals surface area contributed by atoms with Crippen molar-refractivity contribution in [3.63, 3.8) is 0 Å². The molecule has 0 unspecified atom stereocenters. The van der Waals surface area contributed by atoms with Gasteiger partial charge in [0.05, 0.1) is 18.2 Å².